The van der Waals surface area contributed by atoms with E-state index >= 15 is 0 Å². The first-order valence-corrected chi connectivity index (χ1v) is 13.2. The molecular formula is C30H30O7. The molecule has 9 atom stereocenters. The molecule has 2 aliphatic heterocycles. The molecule has 0 amide bonds. The summed E-state index contributed by atoms with van der Waals surface area (Å²) < 4.78 is 11.7. The highest BCUT2D eigenvalue weighted by molar-refractivity contribution is 6.18. The standard InChI is InChI=1S/C30H30O7/c1-12-5-6-16-13(2)28(34)37-26(16)21-18(12)11-19(31)30(21)10-9-29(35)8-7-17-14(3)27(33)36-25(17)20-15(4)24(32)23(30)22(20)29/h16-18,20-21,25-26,35H,1-11H2/t16-,17-,18-,20-,21-,25-,26-,29-,30-/m0/s1. The highest BCUT2D eigenvalue weighted by atomic mass is 16.6. The Hall–Kier alpha value is -3.06. The Morgan fingerprint density at radius 3 is 2.14 bits per heavy atom. The summed E-state index contributed by atoms with van der Waals surface area (Å²) in [5.41, 5.74) is 0.213. The van der Waals surface area contributed by atoms with Gasteiger partial charge in [0.25, 0.3) is 0 Å². The minimum Gasteiger partial charge on any atom is -0.458 e. The van der Waals surface area contributed by atoms with Gasteiger partial charge in [-0.05, 0) is 50.0 Å². The van der Waals surface area contributed by atoms with Crippen molar-refractivity contribution in [2.24, 2.45) is 35.0 Å². The van der Waals surface area contributed by atoms with E-state index in [0.29, 0.717) is 48.0 Å². The zero-order chi connectivity index (χ0) is 26.2. The van der Waals surface area contributed by atoms with Crippen LogP contribution < -0.4 is 0 Å². The Morgan fingerprint density at radius 1 is 0.784 bits per heavy atom. The molecule has 192 valence electrons. The molecule has 3 saturated carbocycles. The van der Waals surface area contributed by atoms with E-state index < -0.39 is 47.0 Å². The fraction of sp³-hybridized carbons (Fsp3) is 0.533. The van der Waals surface area contributed by atoms with Gasteiger partial charge in [0.15, 0.2) is 5.78 Å². The Bertz CT molecular complexity index is 1330. The van der Waals surface area contributed by atoms with Gasteiger partial charge in [-0.3, -0.25) is 9.59 Å². The molecular weight excluding hydrogens is 472 g/mol. The first-order chi connectivity index (χ1) is 17.5. The molecule has 0 aromatic heterocycles. The van der Waals surface area contributed by atoms with E-state index in [1.807, 2.05) is 0 Å². The summed E-state index contributed by atoms with van der Waals surface area (Å²) in [7, 11) is 0. The van der Waals surface area contributed by atoms with Crippen molar-refractivity contribution in [3.8, 4) is 0 Å². The number of allylic oxidation sites excluding steroid dienone is 2. The van der Waals surface area contributed by atoms with E-state index in [0.717, 1.165) is 5.57 Å². The molecule has 0 unspecified atom stereocenters. The number of rotatable bonds is 0. The van der Waals surface area contributed by atoms with Gasteiger partial charge < -0.3 is 14.6 Å². The van der Waals surface area contributed by atoms with Crippen molar-refractivity contribution in [2.75, 3.05) is 0 Å². The van der Waals surface area contributed by atoms with E-state index in [4.69, 9.17) is 9.47 Å². The molecule has 0 bridgehead atoms. The smallest absolute Gasteiger partial charge is 0.334 e. The quantitative estimate of drug-likeness (QED) is 0.308. The second-order valence-corrected chi connectivity index (χ2v) is 12.1. The Kier molecular flexibility index (Phi) is 4.41. The van der Waals surface area contributed by atoms with Gasteiger partial charge in [-0.2, -0.15) is 0 Å². The number of carbonyl (C=O) groups excluding carboxylic acids is 4. The average Bonchev–Trinajstić information content (AvgIpc) is 3.44. The minimum atomic E-state index is -1.31. The minimum absolute atomic E-state index is 0.0714. The molecule has 5 fully saturated rings. The Labute approximate surface area is 215 Å². The van der Waals surface area contributed by atoms with Crippen LogP contribution in [-0.4, -0.2) is 46.4 Å². The maximum atomic E-state index is 14.2. The van der Waals surface area contributed by atoms with Crippen LogP contribution in [0.1, 0.15) is 44.9 Å². The number of ether oxygens (including phenoxy) is 2. The molecule has 7 nitrogen and oxygen atoms in total. The van der Waals surface area contributed by atoms with Crippen molar-refractivity contribution in [1.82, 2.24) is 0 Å². The highest BCUT2D eigenvalue weighted by Crippen LogP contribution is 2.68. The second-order valence-electron chi connectivity index (χ2n) is 12.1. The maximum absolute atomic E-state index is 14.2. The fourth-order valence-corrected chi connectivity index (χ4v) is 9.05. The molecule has 7 aliphatic rings. The predicted molar refractivity (Wildman–Crippen MR) is 131 cm³/mol. The molecule has 1 N–H and O–H groups in total. The van der Waals surface area contributed by atoms with Gasteiger partial charge >= 0.3 is 11.9 Å². The van der Waals surface area contributed by atoms with Crippen LogP contribution in [0.5, 0.6) is 0 Å². The average molecular weight is 503 g/mol. The molecule has 0 aromatic carbocycles. The number of esters is 2. The molecule has 37 heavy (non-hydrogen) atoms. The van der Waals surface area contributed by atoms with Crippen molar-refractivity contribution < 1.29 is 33.8 Å². The maximum Gasteiger partial charge on any atom is 0.334 e. The largest absolute Gasteiger partial charge is 0.458 e. The summed E-state index contributed by atoms with van der Waals surface area (Å²) in [6.45, 7) is 16.3. The van der Waals surface area contributed by atoms with Crippen LogP contribution in [-0.2, 0) is 28.7 Å². The molecule has 0 radical (unpaired) electrons. The Balaban J connectivity index is 1.47. The van der Waals surface area contributed by atoms with Crippen molar-refractivity contribution >= 4 is 23.5 Å². The number of ketones is 2. The summed E-state index contributed by atoms with van der Waals surface area (Å²) in [5, 5.41) is 12.1. The number of carbonyl (C=O) groups is 4. The van der Waals surface area contributed by atoms with E-state index in [2.05, 4.69) is 26.3 Å². The third-order valence-corrected chi connectivity index (χ3v) is 10.8. The SMILES string of the molecule is C=C1C(=O)C2=C3[C@H]1[C@H]1OC(=O)C(=C)[C@@H]1CC[C@]3(O)CC[C@@]21C(=O)C[C@H]2C(=C)CC[C@H]3C(=C)C(=O)O[C@@H]3[C@H]21. The normalized spacial score (nSPS) is 46.5. The van der Waals surface area contributed by atoms with Gasteiger partial charge in [0.2, 0.25) is 0 Å². The van der Waals surface area contributed by atoms with Gasteiger partial charge in [0.1, 0.15) is 18.0 Å². The van der Waals surface area contributed by atoms with E-state index in [-0.39, 0.29) is 54.2 Å². The summed E-state index contributed by atoms with van der Waals surface area (Å²) >= 11 is 0. The number of aliphatic hydroxyl groups is 1. The van der Waals surface area contributed by atoms with Crippen molar-refractivity contribution in [3.05, 3.63) is 59.8 Å². The fourth-order valence-electron chi connectivity index (χ4n) is 9.05. The number of hydrogen-bond acceptors (Lipinski definition) is 7. The molecule has 5 aliphatic carbocycles. The zero-order valence-electron chi connectivity index (χ0n) is 20.7. The monoisotopic (exact) mass is 502 g/mol. The van der Waals surface area contributed by atoms with Gasteiger partial charge in [0.05, 0.1) is 11.0 Å². The number of Topliss-reactive ketones (excluding diaryl/α,β-unsaturated/α-hetero) is 2. The van der Waals surface area contributed by atoms with Crippen LogP contribution in [0, 0.1) is 35.0 Å². The lowest BCUT2D eigenvalue weighted by Gasteiger charge is -2.47. The first kappa shape index (κ1) is 23.1. The third kappa shape index (κ3) is 2.56. The molecule has 7 rings (SSSR count). The van der Waals surface area contributed by atoms with E-state index in [1.54, 1.807) is 0 Å². The summed E-state index contributed by atoms with van der Waals surface area (Å²) in [5.74, 6) is -3.33. The van der Waals surface area contributed by atoms with Crippen LogP contribution in [0.25, 0.3) is 0 Å². The zero-order valence-corrected chi connectivity index (χ0v) is 20.7. The second kappa shape index (κ2) is 7.07. The third-order valence-electron chi connectivity index (χ3n) is 10.8. The van der Waals surface area contributed by atoms with Crippen LogP contribution in [0.2, 0.25) is 0 Å². The van der Waals surface area contributed by atoms with Crippen molar-refractivity contribution in [1.29, 1.82) is 0 Å². The topological polar surface area (TPSA) is 107 Å². The van der Waals surface area contributed by atoms with Crippen molar-refractivity contribution in [2.45, 2.75) is 62.8 Å². The lowest BCUT2D eigenvalue weighted by molar-refractivity contribution is -0.146. The summed E-state index contributed by atoms with van der Waals surface area (Å²) in [6, 6.07) is 0. The van der Waals surface area contributed by atoms with Crippen LogP contribution in [0.4, 0.5) is 0 Å². The first-order valence-electron chi connectivity index (χ1n) is 13.2. The number of fused-ring (bicyclic) bond motifs is 7. The van der Waals surface area contributed by atoms with Gasteiger partial charge in [-0.25, -0.2) is 9.59 Å². The molecule has 7 heteroatoms. The van der Waals surface area contributed by atoms with Crippen molar-refractivity contribution in [3.63, 3.8) is 0 Å². The molecule has 2 saturated heterocycles. The van der Waals surface area contributed by atoms with Crippen LogP contribution >= 0.6 is 0 Å². The lowest BCUT2D eigenvalue weighted by Crippen LogP contribution is -2.51. The summed E-state index contributed by atoms with van der Waals surface area (Å²) in [4.78, 5) is 53.4. The van der Waals surface area contributed by atoms with E-state index in [1.165, 1.54) is 0 Å². The molecule has 1 spiro atoms. The Morgan fingerprint density at radius 2 is 1.43 bits per heavy atom. The number of hydrogen-bond donors (Lipinski definition) is 1. The predicted octanol–water partition coefficient (Wildman–Crippen LogP) is 3.09. The van der Waals surface area contributed by atoms with Gasteiger partial charge in [-0.1, -0.05) is 31.9 Å². The van der Waals surface area contributed by atoms with Gasteiger partial charge in [0, 0.05) is 52.4 Å². The van der Waals surface area contributed by atoms with Crippen LogP contribution in [0.15, 0.2) is 59.8 Å². The lowest BCUT2D eigenvalue weighted by atomic mass is 9.56. The van der Waals surface area contributed by atoms with Crippen LogP contribution in [0.3, 0.4) is 0 Å². The van der Waals surface area contributed by atoms with E-state index in [9.17, 15) is 24.3 Å². The van der Waals surface area contributed by atoms with Gasteiger partial charge in [-0.15, -0.1) is 0 Å². The highest BCUT2D eigenvalue weighted by Gasteiger charge is 2.71. The molecule has 2 heterocycles. The molecule has 0 aromatic rings. The summed E-state index contributed by atoms with van der Waals surface area (Å²) in [6.07, 6.45) is 1.66.